The molecule has 0 fully saturated rings. The summed E-state index contributed by atoms with van der Waals surface area (Å²) in [4.78, 5) is 10.3. The maximum atomic E-state index is 10.3. The zero-order valence-corrected chi connectivity index (χ0v) is 5.79. The molecular formula is C8H11NO. The summed E-state index contributed by atoms with van der Waals surface area (Å²) in [5.74, 6) is 0.223. The van der Waals surface area contributed by atoms with E-state index < -0.39 is 0 Å². The largest absolute Gasteiger partial charge is 0.370 e. The number of amides is 1. The van der Waals surface area contributed by atoms with Crippen LogP contribution in [0.5, 0.6) is 0 Å². The van der Waals surface area contributed by atoms with Crippen LogP contribution in [0.1, 0.15) is 12.8 Å². The second-order valence-electron chi connectivity index (χ2n) is 2.44. The number of primary amides is 1. The minimum atomic E-state index is -0.214. The lowest BCUT2D eigenvalue weighted by atomic mass is 10.1. The van der Waals surface area contributed by atoms with E-state index in [1.54, 1.807) is 0 Å². The average molecular weight is 137 g/mol. The van der Waals surface area contributed by atoms with Crippen molar-refractivity contribution in [3.63, 3.8) is 0 Å². The zero-order valence-electron chi connectivity index (χ0n) is 5.79. The van der Waals surface area contributed by atoms with Gasteiger partial charge in [0.2, 0.25) is 5.91 Å². The Morgan fingerprint density at radius 1 is 1.40 bits per heavy atom. The molecule has 0 aliphatic heterocycles. The Balaban J connectivity index is 2.20. The number of nitrogens with two attached hydrogens (primary N) is 1. The van der Waals surface area contributed by atoms with Crippen molar-refractivity contribution in [3.05, 3.63) is 24.3 Å². The zero-order chi connectivity index (χ0) is 7.40. The van der Waals surface area contributed by atoms with Crippen LogP contribution in [0.4, 0.5) is 0 Å². The summed E-state index contributed by atoms with van der Waals surface area (Å²) in [5.41, 5.74) is 4.98. The minimum Gasteiger partial charge on any atom is -0.370 e. The van der Waals surface area contributed by atoms with E-state index in [2.05, 4.69) is 12.2 Å². The lowest BCUT2D eigenvalue weighted by Gasteiger charge is -2.00. The highest BCUT2D eigenvalue weighted by atomic mass is 16.1. The van der Waals surface area contributed by atoms with Crippen molar-refractivity contribution in [2.45, 2.75) is 12.8 Å². The number of hydrogen-bond acceptors (Lipinski definition) is 1. The fraction of sp³-hybridized carbons (Fsp3) is 0.375. The van der Waals surface area contributed by atoms with Crippen LogP contribution in [-0.2, 0) is 4.79 Å². The van der Waals surface area contributed by atoms with Crippen LogP contribution in [0.25, 0.3) is 0 Å². The number of carbonyl (C=O) groups excluding carboxylic acids is 1. The molecule has 1 aliphatic carbocycles. The van der Waals surface area contributed by atoms with Crippen molar-refractivity contribution in [1.82, 2.24) is 0 Å². The molecule has 0 aromatic carbocycles. The van der Waals surface area contributed by atoms with Gasteiger partial charge in [0.1, 0.15) is 0 Å². The van der Waals surface area contributed by atoms with Crippen molar-refractivity contribution in [2.24, 2.45) is 11.7 Å². The topological polar surface area (TPSA) is 43.1 Å². The first-order chi connectivity index (χ1) is 4.79. The molecule has 1 rings (SSSR count). The SMILES string of the molecule is NC(=O)CCC1C=CC=C1. The fourth-order valence-electron chi connectivity index (χ4n) is 0.979. The Labute approximate surface area is 60.4 Å². The highest BCUT2D eigenvalue weighted by molar-refractivity contribution is 5.73. The summed E-state index contributed by atoms with van der Waals surface area (Å²) >= 11 is 0. The standard InChI is InChI=1S/C8H11NO/c9-8(10)6-5-7-3-1-2-4-7/h1-4,7H,5-6H2,(H2,9,10). The Bertz CT molecular complexity index is 170. The quantitative estimate of drug-likeness (QED) is 0.619. The van der Waals surface area contributed by atoms with E-state index in [1.807, 2.05) is 12.2 Å². The maximum absolute atomic E-state index is 10.3. The first kappa shape index (κ1) is 7.06. The number of hydrogen-bond donors (Lipinski definition) is 1. The van der Waals surface area contributed by atoms with Crippen LogP contribution in [0.3, 0.4) is 0 Å². The van der Waals surface area contributed by atoms with Crippen molar-refractivity contribution < 1.29 is 4.79 Å². The first-order valence-corrected chi connectivity index (χ1v) is 3.42. The first-order valence-electron chi connectivity index (χ1n) is 3.42. The van der Waals surface area contributed by atoms with Crippen LogP contribution in [0.15, 0.2) is 24.3 Å². The fourth-order valence-corrected chi connectivity index (χ4v) is 0.979. The van der Waals surface area contributed by atoms with Gasteiger partial charge in [0, 0.05) is 6.42 Å². The van der Waals surface area contributed by atoms with Crippen molar-refractivity contribution in [3.8, 4) is 0 Å². The third kappa shape index (κ3) is 2.05. The van der Waals surface area contributed by atoms with E-state index >= 15 is 0 Å². The van der Waals surface area contributed by atoms with Gasteiger partial charge in [0.15, 0.2) is 0 Å². The molecule has 0 bridgehead atoms. The molecule has 0 saturated carbocycles. The molecule has 0 atom stereocenters. The molecule has 0 unspecified atom stereocenters. The molecule has 0 spiro atoms. The van der Waals surface area contributed by atoms with Crippen LogP contribution >= 0.6 is 0 Å². The summed E-state index contributed by atoms with van der Waals surface area (Å²) in [6.07, 6.45) is 9.46. The summed E-state index contributed by atoms with van der Waals surface area (Å²) in [6, 6.07) is 0. The molecule has 0 saturated heterocycles. The number of carbonyl (C=O) groups is 1. The van der Waals surface area contributed by atoms with Crippen LogP contribution < -0.4 is 5.73 Å². The van der Waals surface area contributed by atoms with Crippen LogP contribution in [0.2, 0.25) is 0 Å². The third-order valence-corrected chi connectivity index (χ3v) is 1.55. The average Bonchev–Trinajstić information content (AvgIpc) is 2.34. The normalized spacial score (nSPS) is 16.4. The minimum absolute atomic E-state index is 0.214. The van der Waals surface area contributed by atoms with E-state index in [4.69, 9.17) is 5.73 Å². The Hall–Kier alpha value is -1.05. The lowest BCUT2D eigenvalue weighted by Crippen LogP contribution is -2.11. The Morgan fingerprint density at radius 3 is 2.50 bits per heavy atom. The molecule has 0 aromatic heterocycles. The second kappa shape index (κ2) is 3.20. The van der Waals surface area contributed by atoms with Gasteiger partial charge in [-0.15, -0.1) is 0 Å². The Morgan fingerprint density at radius 2 is 2.00 bits per heavy atom. The molecule has 2 N–H and O–H groups in total. The summed E-state index contributed by atoms with van der Waals surface area (Å²) in [5, 5.41) is 0. The van der Waals surface area contributed by atoms with Gasteiger partial charge in [-0.25, -0.2) is 0 Å². The summed E-state index contributed by atoms with van der Waals surface area (Å²) in [6.45, 7) is 0. The van der Waals surface area contributed by atoms with Crippen molar-refractivity contribution >= 4 is 5.91 Å². The van der Waals surface area contributed by atoms with Crippen molar-refractivity contribution in [1.29, 1.82) is 0 Å². The molecule has 1 amide bonds. The number of rotatable bonds is 3. The van der Waals surface area contributed by atoms with Gasteiger partial charge in [-0.2, -0.15) is 0 Å². The van der Waals surface area contributed by atoms with Gasteiger partial charge in [0.05, 0.1) is 0 Å². The molecule has 2 heteroatoms. The van der Waals surface area contributed by atoms with Crippen LogP contribution in [-0.4, -0.2) is 5.91 Å². The summed E-state index contributed by atoms with van der Waals surface area (Å²) < 4.78 is 0. The molecule has 1 aliphatic rings. The molecule has 54 valence electrons. The Kier molecular flexibility index (Phi) is 2.26. The van der Waals surface area contributed by atoms with Gasteiger partial charge < -0.3 is 5.73 Å². The molecule has 2 nitrogen and oxygen atoms in total. The van der Waals surface area contributed by atoms with Gasteiger partial charge in [-0.05, 0) is 12.3 Å². The number of allylic oxidation sites excluding steroid dienone is 4. The van der Waals surface area contributed by atoms with Gasteiger partial charge in [-0.3, -0.25) is 4.79 Å². The van der Waals surface area contributed by atoms with E-state index in [1.165, 1.54) is 0 Å². The van der Waals surface area contributed by atoms with Gasteiger partial charge in [0.25, 0.3) is 0 Å². The predicted octanol–water partition coefficient (Wildman–Crippen LogP) is 0.994. The third-order valence-electron chi connectivity index (χ3n) is 1.55. The van der Waals surface area contributed by atoms with E-state index in [0.717, 1.165) is 6.42 Å². The molecule has 0 aromatic rings. The second-order valence-corrected chi connectivity index (χ2v) is 2.44. The van der Waals surface area contributed by atoms with Crippen LogP contribution in [0, 0.1) is 5.92 Å². The highest BCUT2D eigenvalue weighted by Crippen LogP contribution is 2.14. The van der Waals surface area contributed by atoms with Crippen molar-refractivity contribution in [2.75, 3.05) is 0 Å². The molecular weight excluding hydrogens is 126 g/mol. The summed E-state index contributed by atoms with van der Waals surface area (Å²) in [7, 11) is 0. The van der Waals surface area contributed by atoms with E-state index in [9.17, 15) is 4.79 Å². The van der Waals surface area contributed by atoms with Gasteiger partial charge >= 0.3 is 0 Å². The molecule has 0 heterocycles. The maximum Gasteiger partial charge on any atom is 0.217 e. The van der Waals surface area contributed by atoms with E-state index in [0.29, 0.717) is 12.3 Å². The molecule has 10 heavy (non-hydrogen) atoms. The monoisotopic (exact) mass is 137 g/mol. The predicted molar refractivity (Wildman–Crippen MR) is 40.2 cm³/mol. The smallest absolute Gasteiger partial charge is 0.217 e. The molecule has 0 radical (unpaired) electrons. The lowest BCUT2D eigenvalue weighted by molar-refractivity contribution is -0.118. The highest BCUT2D eigenvalue weighted by Gasteiger charge is 2.04. The van der Waals surface area contributed by atoms with Gasteiger partial charge in [-0.1, -0.05) is 24.3 Å². The van der Waals surface area contributed by atoms with E-state index in [-0.39, 0.29) is 5.91 Å².